The SMILES string of the molecule is Cc1cc(C)nc(SCc2ccc(C(=O)NNC(=O)Cc3c[nH]c4ccccc34)cc2)n1. The second-order valence-corrected chi connectivity index (χ2v) is 8.40. The zero-order valence-electron chi connectivity index (χ0n) is 17.8. The number of benzene rings is 2. The first-order valence-electron chi connectivity index (χ1n) is 10.2. The average Bonchev–Trinajstić information content (AvgIpc) is 3.18. The van der Waals surface area contributed by atoms with Crippen molar-refractivity contribution < 1.29 is 9.59 Å². The van der Waals surface area contributed by atoms with Crippen LogP contribution in [0.25, 0.3) is 10.9 Å². The Morgan fingerprint density at radius 3 is 2.44 bits per heavy atom. The van der Waals surface area contributed by atoms with E-state index in [2.05, 4.69) is 25.8 Å². The first kappa shape index (κ1) is 21.6. The van der Waals surface area contributed by atoms with Gasteiger partial charge >= 0.3 is 0 Å². The topological polar surface area (TPSA) is 99.8 Å². The van der Waals surface area contributed by atoms with E-state index in [9.17, 15) is 9.59 Å². The second-order valence-electron chi connectivity index (χ2n) is 7.46. The first-order valence-corrected chi connectivity index (χ1v) is 11.1. The lowest BCUT2D eigenvalue weighted by Crippen LogP contribution is -2.42. The number of para-hydroxylation sites is 1. The first-order chi connectivity index (χ1) is 15.5. The summed E-state index contributed by atoms with van der Waals surface area (Å²) >= 11 is 1.55. The van der Waals surface area contributed by atoms with E-state index in [1.165, 1.54) is 0 Å². The summed E-state index contributed by atoms with van der Waals surface area (Å²) in [6.45, 7) is 3.90. The van der Waals surface area contributed by atoms with E-state index in [4.69, 9.17) is 0 Å². The number of hydrogen-bond donors (Lipinski definition) is 3. The van der Waals surface area contributed by atoms with Gasteiger partial charge in [0.05, 0.1) is 6.42 Å². The van der Waals surface area contributed by atoms with E-state index in [1.807, 2.05) is 62.5 Å². The Morgan fingerprint density at radius 1 is 0.969 bits per heavy atom. The van der Waals surface area contributed by atoms with E-state index < -0.39 is 0 Å². The molecular formula is C24H23N5O2S. The van der Waals surface area contributed by atoms with Crippen LogP contribution in [0.3, 0.4) is 0 Å². The van der Waals surface area contributed by atoms with Crippen molar-refractivity contribution in [3.8, 4) is 0 Å². The fraction of sp³-hybridized carbons (Fsp3) is 0.167. The summed E-state index contributed by atoms with van der Waals surface area (Å²) in [5.74, 6) is 0.0466. The molecule has 0 aliphatic rings. The van der Waals surface area contributed by atoms with Gasteiger partial charge in [-0.15, -0.1) is 0 Å². The molecule has 2 aromatic carbocycles. The minimum Gasteiger partial charge on any atom is -0.361 e. The van der Waals surface area contributed by atoms with Crippen molar-refractivity contribution in [2.24, 2.45) is 0 Å². The van der Waals surface area contributed by atoms with Crippen LogP contribution in [-0.2, 0) is 17.0 Å². The fourth-order valence-corrected chi connectivity index (χ4v) is 4.26. The van der Waals surface area contributed by atoms with Crippen molar-refractivity contribution in [3.63, 3.8) is 0 Å². The number of thioether (sulfide) groups is 1. The molecule has 0 unspecified atom stereocenters. The Bertz CT molecular complexity index is 1250. The Labute approximate surface area is 190 Å². The van der Waals surface area contributed by atoms with Gasteiger partial charge in [-0.05, 0) is 49.2 Å². The van der Waals surface area contributed by atoms with Gasteiger partial charge in [-0.2, -0.15) is 0 Å². The number of amides is 2. The number of fused-ring (bicyclic) bond motifs is 1. The van der Waals surface area contributed by atoms with Crippen LogP contribution in [-0.4, -0.2) is 26.8 Å². The lowest BCUT2D eigenvalue weighted by molar-refractivity contribution is -0.121. The summed E-state index contributed by atoms with van der Waals surface area (Å²) in [6, 6.07) is 17.0. The van der Waals surface area contributed by atoms with Gasteiger partial charge in [0.25, 0.3) is 5.91 Å². The van der Waals surface area contributed by atoms with Crippen molar-refractivity contribution in [2.45, 2.75) is 31.2 Å². The molecule has 2 heterocycles. The molecule has 3 N–H and O–H groups in total. The van der Waals surface area contributed by atoms with Gasteiger partial charge in [-0.25, -0.2) is 9.97 Å². The van der Waals surface area contributed by atoms with Crippen LogP contribution < -0.4 is 10.9 Å². The summed E-state index contributed by atoms with van der Waals surface area (Å²) in [5, 5.41) is 1.73. The smallest absolute Gasteiger partial charge is 0.269 e. The van der Waals surface area contributed by atoms with E-state index >= 15 is 0 Å². The van der Waals surface area contributed by atoms with Crippen molar-refractivity contribution in [1.29, 1.82) is 0 Å². The van der Waals surface area contributed by atoms with E-state index in [-0.39, 0.29) is 18.2 Å². The maximum absolute atomic E-state index is 12.4. The molecular weight excluding hydrogens is 422 g/mol. The van der Waals surface area contributed by atoms with Crippen molar-refractivity contribution in [1.82, 2.24) is 25.8 Å². The monoisotopic (exact) mass is 445 g/mol. The number of aromatic amines is 1. The number of hydrazine groups is 1. The number of hydrogen-bond acceptors (Lipinski definition) is 5. The van der Waals surface area contributed by atoms with E-state index in [0.29, 0.717) is 11.3 Å². The molecule has 162 valence electrons. The van der Waals surface area contributed by atoms with Gasteiger partial charge in [-0.3, -0.25) is 20.4 Å². The highest BCUT2D eigenvalue weighted by Gasteiger charge is 2.11. The number of nitrogens with zero attached hydrogens (tertiary/aromatic N) is 2. The Morgan fingerprint density at radius 2 is 1.69 bits per heavy atom. The van der Waals surface area contributed by atoms with Crippen molar-refractivity contribution >= 4 is 34.5 Å². The number of nitrogens with one attached hydrogen (secondary N) is 3. The standard InChI is InChI=1S/C24H23N5O2S/c1-15-11-16(2)27-24(26-15)32-14-17-7-9-18(10-8-17)23(31)29-28-22(30)12-19-13-25-21-6-4-3-5-20(19)21/h3-11,13,25H,12,14H2,1-2H3,(H,28,30)(H,29,31). The lowest BCUT2D eigenvalue weighted by Gasteiger charge is -2.08. The molecule has 7 nitrogen and oxygen atoms in total. The largest absolute Gasteiger partial charge is 0.361 e. The number of carbonyl (C=O) groups excluding carboxylic acids is 2. The molecule has 0 saturated carbocycles. The third-order valence-corrected chi connectivity index (χ3v) is 5.81. The van der Waals surface area contributed by atoms with Crippen LogP contribution in [0.1, 0.15) is 32.9 Å². The van der Waals surface area contributed by atoms with Crippen LogP contribution in [0.15, 0.2) is 66.0 Å². The molecule has 4 aromatic rings. The van der Waals surface area contributed by atoms with Crippen LogP contribution in [0.2, 0.25) is 0 Å². The zero-order valence-corrected chi connectivity index (χ0v) is 18.6. The summed E-state index contributed by atoms with van der Waals surface area (Å²) in [6.07, 6.45) is 1.98. The summed E-state index contributed by atoms with van der Waals surface area (Å²) in [7, 11) is 0. The molecule has 0 spiro atoms. The number of aromatic nitrogens is 3. The van der Waals surface area contributed by atoms with Gasteiger partial charge in [0.1, 0.15) is 0 Å². The molecule has 0 aliphatic heterocycles. The molecule has 4 rings (SSSR count). The average molecular weight is 446 g/mol. The predicted molar refractivity (Wildman–Crippen MR) is 125 cm³/mol. The highest BCUT2D eigenvalue weighted by Crippen LogP contribution is 2.20. The van der Waals surface area contributed by atoms with Crippen LogP contribution in [0.5, 0.6) is 0 Å². The van der Waals surface area contributed by atoms with Crippen LogP contribution in [0.4, 0.5) is 0 Å². The minimum atomic E-state index is -0.367. The minimum absolute atomic E-state index is 0.168. The molecule has 0 saturated heterocycles. The van der Waals surface area contributed by atoms with Gasteiger partial charge in [0.15, 0.2) is 5.16 Å². The molecule has 8 heteroatoms. The summed E-state index contributed by atoms with van der Waals surface area (Å²) < 4.78 is 0. The zero-order chi connectivity index (χ0) is 22.5. The highest BCUT2D eigenvalue weighted by atomic mass is 32.2. The molecule has 2 amide bonds. The normalized spacial score (nSPS) is 10.8. The predicted octanol–water partition coefficient (Wildman–Crippen LogP) is 3.87. The third-order valence-electron chi connectivity index (χ3n) is 4.89. The van der Waals surface area contributed by atoms with Gasteiger partial charge < -0.3 is 4.98 Å². The maximum Gasteiger partial charge on any atom is 0.269 e. The maximum atomic E-state index is 12.4. The summed E-state index contributed by atoms with van der Waals surface area (Å²) in [5.41, 5.74) is 10.2. The second kappa shape index (κ2) is 9.65. The van der Waals surface area contributed by atoms with Gasteiger partial charge in [0.2, 0.25) is 5.91 Å². The highest BCUT2D eigenvalue weighted by molar-refractivity contribution is 7.98. The number of carbonyl (C=O) groups is 2. The number of rotatable bonds is 6. The Hall–Kier alpha value is -3.65. The van der Waals surface area contributed by atoms with Crippen molar-refractivity contribution in [3.05, 3.63) is 88.9 Å². The number of H-pyrrole nitrogens is 1. The lowest BCUT2D eigenvalue weighted by atomic mass is 10.1. The van der Waals surface area contributed by atoms with E-state index in [1.54, 1.807) is 23.9 Å². The molecule has 0 aliphatic carbocycles. The Balaban J connectivity index is 1.28. The molecule has 32 heavy (non-hydrogen) atoms. The van der Waals surface area contributed by atoms with Gasteiger partial charge in [0, 0.05) is 39.8 Å². The fourth-order valence-electron chi connectivity index (χ4n) is 3.35. The molecule has 0 atom stereocenters. The third kappa shape index (κ3) is 5.33. The van der Waals surface area contributed by atoms with Crippen molar-refractivity contribution in [2.75, 3.05) is 0 Å². The van der Waals surface area contributed by atoms with Crippen LogP contribution >= 0.6 is 11.8 Å². The van der Waals surface area contributed by atoms with Gasteiger partial charge in [-0.1, -0.05) is 42.1 Å². The van der Waals surface area contributed by atoms with Crippen LogP contribution in [0, 0.1) is 13.8 Å². The van der Waals surface area contributed by atoms with E-state index in [0.717, 1.165) is 38.6 Å². The Kier molecular flexibility index (Phi) is 6.51. The molecule has 0 fully saturated rings. The molecule has 0 bridgehead atoms. The quantitative estimate of drug-likeness (QED) is 0.238. The molecule has 0 radical (unpaired) electrons. The molecule has 2 aromatic heterocycles. The number of aryl methyl sites for hydroxylation is 2. The summed E-state index contributed by atoms with van der Waals surface area (Å²) in [4.78, 5) is 36.6.